The zero-order valence-electron chi connectivity index (χ0n) is 16.1. The van der Waals surface area contributed by atoms with Gasteiger partial charge in [0.15, 0.2) is 0 Å². The highest BCUT2D eigenvalue weighted by Gasteiger charge is 2.22. The molecule has 1 aliphatic rings. The third kappa shape index (κ3) is 4.75. The molecule has 2 aromatic rings. The minimum Gasteiger partial charge on any atom is -0.350 e. The van der Waals surface area contributed by atoms with Gasteiger partial charge in [0.05, 0.1) is 0 Å². The number of aryl methyl sites for hydroxylation is 1. The van der Waals surface area contributed by atoms with Gasteiger partial charge in [0.2, 0.25) is 11.8 Å². The first-order valence-electron chi connectivity index (χ1n) is 9.28. The van der Waals surface area contributed by atoms with Crippen LogP contribution in [0.15, 0.2) is 29.6 Å². The van der Waals surface area contributed by atoms with Crippen molar-refractivity contribution in [1.82, 2.24) is 20.1 Å². The number of aromatic nitrogens is 1. The van der Waals surface area contributed by atoms with Crippen molar-refractivity contribution in [2.24, 2.45) is 0 Å². The smallest absolute Gasteiger partial charge is 0.270 e. The van der Waals surface area contributed by atoms with E-state index in [4.69, 9.17) is 0 Å². The van der Waals surface area contributed by atoms with Crippen LogP contribution in [0.4, 0.5) is 0 Å². The fourth-order valence-corrected chi connectivity index (χ4v) is 4.01. The lowest BCUT2D eigenvalue weighted by Gasteiger charge is -2.34. The summed E-state index contributed by atoms with van der Waals surface area (Å²) >= 11 is 1.43. The van der Waals surface area contributed by atoms with E-state index in [1.807, 2.05) is 31.2 Å². The average molecular weight is 401 g/mol. The molecule has 3 amide bonds. The molecule has 0 radical (unpaired) electrons. The van der Waals surface area contributed by atoms with Crippen LogP contribution in [0.3, 0.4) is 0 Å². The molecule has 3 rings (SSSR count). The molecule has 0 spiro atoms. The summed E-state index contributed by atoms with van der Waals surface area (Å²) in [5.74, 6) is -0.250. The number of nitrogens with zero attached hydrogens (tertiary/aromatic N) is 3. The van der Waals surface area contributed by atoms with Crippen molar-refractivity contribution in [2.75, 3.05) is 32.7 Å². The second-order valence-electron chi connectivity index (χ2n) is 6.75. The van der Waals surface area contributed by atoms with E-state index in [1.54, 1.807) is 15.2 Å². The van der Waals surface area contributed by atoms with Crippen molar-refractivity contribution in [3.8, 4) is 10.6 Å². The first-order valence-corrected chi connectivity index (χ1v) is 10.2. The van der Waals surface area contributed by atoms with Gasteiger partial charge in [-0.15, -0.1) is 11.3 Å². The summed E-state index contributed by atoms with van der Waals surface area (Å²) in [5.41, 5.74) is 2.50. The third-order valence-electron chi connectivity index (χ3n) is 4.81. The maximum atomic E-state index is 12.3. The molecule has 1 aromatic carbocycles. The minimum absolute atomic E-state index is 0.0117. The summed E-state index contributed by atoms with van der Waals surface area (Å²) in [6.45, 7) is 6.02. The van der Waals surface area contributed by atoms with E-state index in [0.29, 0.717) is 31.9 Å². The van der Waals surface area contributed by atoms with Gasteiger partial charge in [-0.25, -0.2) is 4.98 Å². The maximum absolute atomic E-state index is 12.3. The van der Waals surface area contributed by atoms with E-state index in [9.17, 15) is 14.4 Å². The Morgan fingerprint density at radius 3 is 2.46 bits per heavy atom. The molecule has 8 heteroatoms. The molecule has 0 aliphatic carbocycles. The predicted octanol–water partition coefficient (Wildman–Crippen LogP) is 1.93. The van der Waals surface area contributed by atoms with Crippen LogP contribution in [-0.2, 0) is 9.59 Å². The molecule has 0 bridgehead atoms. The minimum atomic E-state index is -0.273. The van der Waals surface area contributed by atoms with Gasteiger partial charge in [0.1, 0.15) is 10.7 Å². The second-order valence-corrected chi connectivity index (χ2v) is 7.60. The molecule has 1 aliphatic heterocycles. The molecule has 1 saturated heterocycles. The molecule has 1 aromatic heterocycles. The van der Waals surface area contributed by atoms with Crippen LogP contribution in [0, 0.1) is 6.92 Å². The number of benzene rings is 1. The predicted molar refractivity (Wildman–Crippen MR) is 108 cm³/mol. The van der Waals surface area contributed by atoms with Crippen LogP contribution in [-0.4, -0.2) is 65.2 Å². The fraction of sp³-hybridized carbons (Fsp3) is 0.400. The molecule has 1 N–H and O–H groups in total. The van der Waals surface area contributed by atoms with Gasteiger partial charge in [-0.2, -0.15) is 0 Å². The summed E-state index contributed by atoms with van der Waals surface area (Å²) in [5, 5.41) is 5.31. The number of carbonyl (C=O) groups excluding carboxylic acids is 3. The Morgan fingerprint density at radius 2 is 1.79 bits per heavy atom. The van der Waals surface area contributed by atoms with Crippen molar-refractivity contribution in [3.63, 3.8) is 0 Å². The highest BCUT2D eigenvalue weighted by molar-refractivity contribution is 7.13. The van der Waals surface area contributed by atoms with E-state index in [1.165, 1.54) is 18.3 Å². The first-order chi connectivity index (χ1) is 13.5. The molecule has 148 valence electrons. The van der Waals surface area contributed by atoms with Gasteiger partial charge in [-0.3, -0.25) is 14.4 Å². The standard InChI is InChI=1S/C20H24N4O3S/c1-14-5-3-4-6-16(14)20-22-17(13-28-20)19(27)21-8-7-18(26)24-11-9-23(10-12-24)15(2)25/h3-6,13H,7-12H2,1-2H3,(H,21,27). The van der Waals surface area contributed by atoms with Crippen LogP contribution < -0.4 is 5.32 Å². The van der Waals surface area contributed by atoms with Crippen LogP contribution in [0.5, 0.6) is 0 Å². The first kappa shape index (κ1) is 20.0. The summed E-state index contributed by atoms with van der Waals surface area (Å²) in [4.78, 5) is 43.8. The second kappa shape index (κ2) is 8.97. The Kier molecular flexibility index (Phi) is 6.41. The number of carbonyl (C=O) groups is 3. The van der Waals surface area contributed by atoms with Gasteiger partial charge in [0.25, 0.3) is 5.91 Å². The lowest BCUT2D eigenvalue weighted by Crippen LogP contribution is -2.50. The molecular weight excluding hydrogens is 376 g/mol. The van der Waals surface area contributed by atoms with Gasteiger partial charge >= 0.3 is 0 Å². The summed E-state index contributed by atoms with van der Waals surface area (Å²) in [6, 6.07) is 7.92. The van der Waals surface area contributed by atoms with Crippen LogP contribution in [0.1, 0.15) is 29.4 Å². The van der Waals surface area contributed by atoms with Crippen molar-refractivity contribution >= 4 is 29.1 Å². The SMILES string of the molecule is CC(=O)N1CCN(C(=O)CCNC(=O)c2csc(-c3ccccc3C)n2)CC1. The fourth-order valence-electron chi connectivity index (χ4n) is 3.12. The van der Waals surface area contributed by atoms with Gasteiger partial charge in [-0.05, 0) is 12.5 Å². The number of hydrogen-bond donors (Lipinski definition) is 1. The lowest BCUT2D eigenvalue weighted by molar-refractivity contribution is -0.138. The van der Waals surface area contributed by atoms with Crippen molar-refractivity contribution < 1.29 is 14.4 Å². The third-order valence-corrected chi connectivity index (χ3v) is 5.69. The van der Waals surface area contributed by atoms with Crippen molar-refractivity contribution in [2.45, 2.75) is 20.3 Å². The summed E-state index contributed by atoms with van der Waals surface area (Å²) in [7, 11) is 0. The average Bonchev–Trinajstić information content (AvgIpc) is 3.18. The van der Waals surface area contributed by atoms with E-state index >= 15 is 0 Å². The normalized spacial score (nSPS) is 14.1. The van der Waals surface area contributed by atoms with E-state index in [2.05, 4.69) is 10.3 Å². The summed E-state index contributed by atoms with van der Waals surface area (Å²) in [6.07, 6.45) is 0.237. The van der Waals surface area contributed by atoms with E-state index in [-0.39, 0.29) is 30.7 Å². The van der Waals surface area contributed by atoms with E-state index in [0.717, 1.165) is 16.1 Å². The Bertz CT molecular complexity index is 872. The maximum Gasteiger partial charge on any atom is 0.270 e. The monoisotopic (exact) mass is 400 g/mol. The van der Waals surface area contributed by atoms with Crippen LogP contribution in [0.25, 0.3) is 10.6 Å². The van der Waals surface area contributed by atoms with Gasteiger partial charge in [-0.1, -0.05) is 24.3 Å². The largest absolute Gasteiger partial charge is 0.350 e. The number of piperazine rings is 1. The molecule has 1 fully saturated rings. The molecule has 7 nitrogen and oxygen atoms in total. The highest BCUT2D eigenvalue weighted by Crippen LogP contribution is 2.26. The number of amides is 3. The van der Waals surface area contributed by atoms with Crippen LogP contribution in [0.2, 0.25) is 0 Å². The quantitative estimate of drug-likeness (QED) is 0.831. The van der Waals surface area contributed by atoms with Crippen molar-refractivity contribution in [1.29, 1.82) is 0 Å². The van der Waals surface area contributed by atoms with E-state index < -0.39 is 0 Å². The Hall–Kier alpha value is -2.74. The Morgan fingerprint density at radius 1 is 1.11 bits per heavy atom. The van der Waals surface area contributed by atoms with Gasteiger partial charge < -0.3 is 15.1 Å². The number of rotatable bonds is 5. The molecule has 0 atom stereocenters. The molecular formula is C20H24N4O3S. The zero-order valence-corrected chi connectivity index (χ0v) is 16.9. The number of hydrogen-bond acceptors (Lipinski definition) is 5. The number of nitrogens with one attached hydrogen (secondary N) is 1. The molecule has 28 heavy (non-hydrogen) atoms. The molecule has 0 unspecified atom stereocenters. The summed E-state index contributed by atoms with van der Waals surface area (Å²) < 4.78 is 0. The van der Waals surface area contributed by atoms with Crippen molar-refractivity contribution in [3.05, 3.63) is 40.9 Å². The molecule has 0 saturated carbocycles. The van der Waals surface area contributed by atoms with Gasteiger partial charge in [0, 0.05) is 57.0 Å². The Balaban J connectivity index is 1.47. The highest BCUT2D eigenvalue weighted by atomic mass is 32.1. The topological polar surface area (TPSA) is 82.6 Å². The Labute approximate surface area is 168 Å². The van der Waals surface area contributed by atoms with Crippen LogP contribution >= 0.6 is 11.3 Å². The zero-order chi connectivity index (χ0) is 20.1. The lowest BCUT2D eigenvalue weighted by atomic mass is 10.1. The number of thiazole rings is 1. The molecule has 2 heterocycles.